The smallest absolute Gasteiger partial charge is 0.321 e. The van der Waals surface area contributed by atoms with Crippen LogP contribution < -0.4 is 10.6 Å². The molecule has 4 fully saturated rings. The minimum atomic E-state index is -0.372. The second kappa shape index (κ2) is 6.79. The van der Waals surface area contributed by atoms with Gasteiger partial charge in [-0.3, -0.25) is 10.1 Å². The molecule has 27 heavy (non-hydrogen) atoms. The number of imide groups is 1. The summed E-state index contributed by atoms with van der Waals surface area (Å²) in [5.74, 6) is 2.50. The lowest BCUT2D eigenvalue weighted by Gasteiger charge is -2.56. The maximum absolute atomic E-state index is 12.4. The molecule has 4 aliphatic rings. The average Bonchev–Trinajstić information content (AvgIpc) is 3.00. The van der Waals surface area contributed by atoms with E-state index in [1.165, 1.54) is 19.3 Å². The third-order valence-electron chi connectivity index (χ3n) is 6.04. The molecule has 2 N–H and O–H groups in total. The summed E-state index contributed by atoms with van der Waals surface area (Å²) in [6.45, 7) is 5.95. The number of nitrogens with one attached hydrogen (secondary N) is 2. The molecule has 0 atom stereocenters. The summed E-state index contributed by atoms with van der Waals surface area (Å²) >= 11 is 1.15. The monoisotopic (exact) mass is 392 g/mol. The van der Waals surface area contributed by atoms with Crippen molar-refractivity contribution in [3.05, 3.63) is 5.89 Å². The second-order valence-corrected chi connectivity index (χ2v) is 10.5. The fourth-order valence-electron chi connectivity index (χ4n) is 5.40. The lowest BCUT2D eigenvalue weighted by atomic mass is 9.53. The SMILES string of the molecule is CC(C)(C)c1nnc(SCC(=O)NC(=O)NC23CC4CC(CC(C4)C2)C3)o1. The molecule has 1 heterocycles. The molecule has 3 amide bonds. The van der Waals surface area contributed by atoms with Crippen molar-refractivity contribution in [1.82, 2.24) is 20.8 Å². The molecule has 0 aromatic carbocycles. The molecule has 0 spiro atoms. The van der Waals surface area contributed by atoms with E-state index in [2.05, 4.69) is 20.8 Å². The number of hydrogen-bond acceptors (Lipinski definition) is 6. The Labute approximate surface area is 163 Å². The molecule has 8 heteroatoms. The number of carbonyl (C=O) groups is 2. The topological polar surface area (TPSA) is 97.1 Å². The van der Waals surface area contributed by atoms with Crippen molar-refractivity contribution in [3.63, 3.8) is 0 Å². The van der Waals surface area contributed by atoms with Crippen LogP contribution in [0.2, 0.25) is 0 Å². The zero-order valence-electron chi connectivity index (χ0n) is 16.2. The van der Waals surface area contributed by atoms with Crippen LogP contribution in [0.25, 0.3) is 0 Å². The number of aromatic nitrogens is 2. The molecule has 4 saturated carbocycles. The van der Waals surface area contributed by atoms with Gasteiger partial charge in [-0.25, -0.2) is 4.79 Å². The van der Waals surface area contributed by atoms with Gasteiger partial charge in [0.2, 0.25) is 11.8 Å². The van der Waals surface area contributed by atoms with Gasteiger partial charge in [0, 0.05) is 11.0 Å². The van der Waals surface area contributed by atoms with Crippen molar-refractivity contribution in [2.45, 2.75) is 75.5 Å². The van der Waals surface area contributed by atoms with Crippen LogP contribution in [0.15, 0.2) is 9.64 Å². The first-order chi connectivity index (χ1) is 12.7. The highest BCUT2D eigenvalue weighted by Crippen LogP contribution is 2.55. The Morgan fingerprint density at radius 3 is 2.22 bits per heavy atom. The molecule has 0 saturated heterocycles. The van der Waals surface area contributed by atoms with Gasteiger partial charge in [-0.05, 0) is 56.3 Å². The molecule has 5 rings (SSSR count). The molecule has 0 radical (unpaired) electrons. The van der Waals surface area contributed by atoms with Gasteiger partial charge < -0.3 is 9.73 Å². The Kier molecular flexibility index (Phi) is 4.72. The maximum Gasteiger partial charge on any atom is 0.321 e. The van der Waals surface area contributed by atoms with Gasteiger partial charge in [-0.15, -0.1) is 10.2 Å². The molecule has 1 aromatic rings. The largest absolute Gasteiger partial charge is 0.415 e. The summed E-state index contributed by atoms with van der Waals surface area (Å²) in [5, 5.41) is 13.9. The van der Waals surface area contributed by atoms with Crippen LogP contribution in [-0.2, 0) is 10.2 Å². The van der Waals surface area contributed by atoms with Gasteiger partial charge >= 0.3 is 6.03 Å². The number of thioether (sulfide) groups is 1. The van der Waals surface area contributed by atoms with E-state index in [4.69, 9.17) is 4.42 Å². The zero-order chi connectivity index (χ0) is 19.2. The first-order valence-electron chi connectivity index (χ1n) is 9.79. The highest BCUT2D eigenvalue weighted by Gasteiger charge is 2.51. The van der Waals surface area contributed by atoms with Gasteiger partial charge in [-0.2, -0.15) is 0 Å². The molecule has 148 valence electrons. The standard InChI is InChI=1S/C19H28N4O3S/c1-18(2,3)15-22-23-17(26-15)27-10-14(24)20-16(25)21-19-7-11-4-12(8-19)6-13(5-11)9-19/h11-13H,4-10H2,1-3H3,(H2,20,21,24,25). The predicted octanol–water partition coefficient (Wildman–Crippen LogP) is 3.25. The van der Waals surface area contributed by atoms with Crippen LogP contribution in [0.4, 0.5) is 4.79 Å². The highest BCUT2D eigenvalue weighted by atomic mass is 32.2. The van der Waals surface area contributed by atoms with E-state index in [1.807, 2.05) is 20.8 Å². The van der Waals surface area contributed by atoms with Crippen molar-refractivity contribution in [2.75, 3.05) is 5.75 Å². The van der Waals surface area contributed by atoms with Gasteiger partial charge in [-0.1, -0.05) is 32.5 Å². The fourth-order valence-corrected chi connectivity index (χ4v) is 5.96. The number of rotatable bonds is 4. The highest BCUT2D eigenvalue weighted by molar-refractivity contribution is 7.99. The molecule has 0 aliphatic heterocycles. The summed E-state index contributed by atoms with van der Waals surface area (Å²) in [4.78, 5) is 24.5. The summed E-state index contributed by atoms with van der Waals surface area (Å²) in [6, 6.07) is -0.372. The van der Waals surface area contributed by atoms with Crippen LogP contribution >= 0.6 is 11.8 Å². The third-order valence-corrected chi connectivity index (χ3v) is 6.86. The summed E-state index contributed by atoms with van der Waals surface area (Å²) in [7, 11) is 0. The summed E-state index contributed by atoms with van der Waals surface area (Å²) in [5.41, 5.74) is -0.327. The summed E-state index contributed by atoms with van der Waals surface area (Å²) < 4.78 is 5.55. The lowest BCUT2D eigenvalue weighted by Crippen LogP contribution is -2.61. The molecule has 4 aliphatic carbocycles. The number of amides is 3. The maximum atomic E-state index is 12.4. The normalized spacial score (nSPS) is 31.7. The van der Waals surface area contributed by atoms with Gasteiger partial charge in [0.05, 0.1) is 5.75 Å². The molecular weight excluding hydrogens is 364 g/mol. The van der Waals surface area contributed by atoms with E-state index in [0.29, 0.717) is 11.1 Å². The Balaban J connectivity index is 1.26. The molecular formula is C19H28N4O3S. The van der Waals surface area contributed by atoms with Crippen molar-refractivity contribution >= 4 is 23.7 Å². The van der Waals surface area contributed by atoms with E-state index < -0.39 is 0 Å². The van der Waals surface area contributed by atoms with E-state index in [0.717, 1.165) is 48.8 Å². The summed E-state index contributed by atoms with van der Waals surface area (Å²) in [6.07, 6.45) is 7.14. The first-order valence-corrected chi connectivity index (χ1v) is 10.8. The Bertz CT molecular complexity index is 704. The predicted molar refractivity (Wildman–Crippen MR) is 101 cm³/mol. The second-order valence-electron chi connectivity index (χ2n) is 9.61. The Hall–Kier alpha value is -1.57. The Morgan fingerprint density at radius 1 is 1.11 bits per heavy atom. The van der Waals surface area contributed by atoms with Crippen LogP contribution in [0.1, 0.15) is 65.2 Å². The fraction of sp³-hybridized carbons (Fsp3) is 0.789. The van der Waals surface area contributed by atoms with E-state index in [1.54, 1.807) is 0 Å². The van der Waals surface area contributed by atoms with Gasteiger partial charge in [0.1, 0.15) is 0 Å². The van der Waals surface area contributed by atoms with E-state index in [9.17, 15) is 9.59 Å². The minimum absolute atomic E-state index is 0.0695. The first kappa shape index (κ1) is 18.8. The lowest BCUT2D eigenvalue weighted by molar-refractivity contribution is -0.117. The van der Waals surface area contributed by atoms with Crippen LogP contribution in [-0.4, -0.2) is 33.4 Å². The van der Waals surface area contributed by atoms with Crippen molar-refractivity contribution in [3.8, 4) is 0 Å². The number of hydrogen-bond donors (Lipinski definition) is 2. The molecule has 7 nitrogen and oxygen atoms in total. The van der Waals surface area contributed by atoms with E-state index >= 15 is 0 Å². The van der Waals surface area contributed by atoms with Gasteiger partial charge in [0.25, 0.3) is 5.22 Å². The quantitative estimate of drug-likeness (QED) is 0.764. The van der Waals surface area contributed by atoms with Crippen LogP contribution in [0.3, 0.4) is 0 Å². The zero-order valence-corrected chi connectivity index (χ0v) is 17.0. The number of carbonyl (C=O) groups excluding carboxylic acids is 2. The number of urea groups is 1. The van der Waals surface area contributed by atoms with Crippen molar-refractivity contribution < 1.29 is 14.0 Å². The molecule has 4 bridgehead atoms. The van der Waals surface area contributed by atoms with Crippen LogP contribution in [0, 0.1) is 17.8 Å². The van der Waals surface area contributed by atoms with Crippen molar-refractivity contribution in [2.24, 2.45) is 17.8 Å². The molecule has 0 unspecified atom stereocenters. The average molecular weight is 393 g/mol. The third kappa shape index (κ3) is 4.15. The molecule has 1 aromatic heterocycles. The Morgan fingerprint density at radius 2 is 1.70 bits per heavy atom. The van der Waals surface area contributed by atoms with Crippen LogP contribution in [0.5, 0.6) is 0 Å². The minimum Gasteiger partial charge on any atom is -0.415 e. The van der Waals surface area contributed by atoms with Crippen molar-refractivity contribution in [1.29, 1.82) is 0 Å². The van der Waals surface area contributed by atoms with E-state index in [-0.39, 0.29) is 28.6 Å². The number of nitrogens with zero attached hydrogens (tertiary/aromatic N) is 2. The van der Waals surface area contributed by atoms with Gasteiger partial charge in [0.15, 0.2) is 0 Å².